The van der Waals surface area contributed by atoms with Crippen molar-refractivity contribution in [2.24, 2.45) is 0 Å². The number of nitrogen functional groups attached to an aromatic ring is 1. The number of nitrogens with one attached hydrogen (secondary N) is 1. The number of aromatic nitrogens is 2. The number of anilines is 1. The fourth-order valence-corrected chi connectivity index (χ4v) is 1.56. The van der Waals surface area contributed by atoms with Crippen LogP contribution in [-0.4, -0.2) is 15.2 Å². The molecule has 4 nitrogen and oxygen atoms in total. The van der Waals surface area contributed by atoms with Crippen LogP contribution in [0.25, 0.3) is 0 Å². The van der Waals surface area contributed by atoms with Crippen molar-refractivity contribution >= 4 is 17.7 Å². The van der Waals surface area contributed by atoms with Crippen LogP contribution in [0.2, 0.25) is 0 Å². The molecule has 0 amide bonds. The normalized spacial score (nSPS) is 10.6. The van der Waals surface area contributed by atoms with E-state index in [2.05, 4.69) is 9.97 Å². The quantitative estimate of drug-likeness (QED) is 0.529. The second-order valence-electron chi connectivity index (χ2n) is 2.64. The number of thioether (sulfide) groups is 1. The van der Waals surface area contributed by atoms with E-state index in [4.69, 9.17) is 5.73 Å². The van der Waals surface area contributed by atoms with Crippen molar-refractivity contribution in [2.45, 2.75) is 24.1 Å². The highest BCUT2D eigenvalue weighted by atomic mass is 32.2. The Balaban J connectivity index is 2.93. The van der Waals surface area contributed by atoms with Crippen molar-refractivity contribution in [2.75, 3.05) is 5.73 Å². The number of H-pyrrole nitrogens is 1. The summed E-state index contributed by atoms with van der Waals surface area (Å²) in [6.07, 6.45) is 0. The van der Waals surface area contributed by atoms with Crippen LogP contribution in [0.15, 0.2) is 15.9 Å². The van der Waals surface area contributed by atoms with Crippen molar-refractivity contribution in [3.8, 4) is 0 Å². The van der Waals surface area contributed by atoms with Crippen LogP contribution in [0, 0.1) is 0 Å². The molecular weight excluding hydrogens is 174 g/mol. The smallest absolute Gasteiger partial charge is 0.253 e. The molecule has 1 rings (SSSR count). The van der Waals surface area contributed by atoms with Crippen LogP contribution in [0.5, 0.6) is 0 Å². The van der Waals surface area contributed by atoms with Gasteiger partial charge in [0.05, 0.1) is 0 Å². The molecule has 66 valence electrons. The van der Waals surface area contributed by atoms with Crippen LogP contribution in [-0.2, 0) is 0 Å². The predicted molar refractivity (Wildman–Crippen MR) is 50.3 cm³/mol. The Labute approximate surface area is 74.6 Å². The summed E-state index contributed by atoms with van der Waals surface area (Å²) >= 11 is 1.52. The lowest BCUT2D eigenvalue weighted by Crippen LogP contribution is -2.10. The van der Waals surface area contributed by atoms with Gasteiger partial charge in [0.2, 0.25) is 5.95 Å². The molecule has 1 heterocycles. The second kappa shape index (κ2) is 3.62. The Bertz CT molecular complexity index is 321. The van der Waals surface area contributed by atoms with Gasteiger partial charge in [0.25, 0.3) is 5.56 Å². The minimum absolute atomic E-state index is 0.172. The molecule has 0 atom stereocenters. The van der Waals surface area contributed by atoms with Gasteiger partial charge in [0.15, 0.2) is 0 Å². The number of hydrogen-bond acceptors (Lipinski definition) is 4. The lowest BCUT2D eigenvalue weighted by Gasteiger charge is -2.02. The van der Waals surface area contributed by atoms with Gasteiger partial charge in [0.1, 0.15) is 5.03 Å². The van der Waals surface area contributed by atoms with Crippen molar-refractivity contribution in [3.05, 3.63) is 16.4 Å². The summed E-state index contributed by atoms with van der Waals surface area (Å²) in [7, 11) is 0. The number of nitrogens with zero attached hydrogens (tertiary/aromatic N) is 1. The van der Waals surface area contributed by atoms with Gasteiger partial charge in [-0.05, 0) is 0 Å². The average molecular weight is 185 g/mol. The van der Waals surface area contributed by atoms with Gasteiger partial charge >= 0.3 is 0 Å². The molecule has 0 fully saturated rings. The van der Waals surface area contributed by atoms with Crippen molar-refractivity contribution in [3.63, 3.8) is 0 Å². The first-order valence-electron chi connectivity index (χ1n) is 3.61. The van der Waals surface area contributed by atoms with Crippen LogP contribution >= 0.6 is 11.8 Å². The third kappa shape index (κ3) is 2.58. The highest BCUT2D eigenvalue weighted by Crippen LogP contribution is 2.18. The molecule has 1 aromatic rings. The summed E-state index contributed by atoms with van der Waals surface area (Å²) < 4.78 is 0. The van der Waals surface area contributed by atoms with Gasteiger partial charge in [0, 0.05) is 11.3 Å². The Hall–Kier alpha value is -0.970. The van der Waals surface area contributed by atoms with E-state index in [-0.39, 0.29) is 11.5 Å². The summed E-state index contributed by atoms with van der Waals surface area (Å²) in [5, 5.41) is 1.07. The maximum absolute atomic E-state index is 10.9. The fourth-order valence-electron chi connectivity index (χ4n) is 0.755. The van der Waals surface area contributed by atoms with E-state index in [0.29, 0.717) is 10.3 Å². The van der Waals surface area contributed by atoms with Crippen molar-refractivity contribution in [1.29, 1.82) is 0 Å². The van der Waals surface area contributed by atoms with Crippen LogP contribution in [0.4, 0.5) is 5.95 Å². The fraction of sp³-hybridized carbons (Fsp3) is 0.429. The zero-order valence-electron chi connectivity index (χ0n) is 7.00. The first-order chi connectivity index (χ1) is 5.58. The Kier molecular flexibility index (Phi) is 2.75. The molecule has 0 bridgehead atoms. The zero-order chi connectivity index (χ0) is 9.14. The topological polar surface area (TPSA) is 71.8 Å². The monoisotopic (exact) mass is 185 g/mol. The first kappa shape index (κ1) is 9.12. The molecule has 0 aliphatic heterocycles. The van der Waals surface area contributed by atoms with Gasteiger partial charge in [-0.15, -0.1) is 11.8 Å². The summed E-state index contributed by atoms with van der Waals surface area (Å²) in [5.41, 5.74) is 5.15. The summed E-state index contributed by atoms with van der Waals surface area (Å²) in [6, 6.07) is 1.45. The average Bonchev–Trinajstić information content (AvgIpc) is 1.81. The maximum Gasteiger partial charge on any atom is 0.253 e. The summed E-state index contributed by atoms with van der Waals surface area (Å²) in [6.45, 7) is 4.06. The van der Waals surface area contributed by atoms with Gasteiger partial charge in [-0.25, -0.2) is 4.98 Å². The molecule has 0 aliphatic rings. The first-order valence-corrected chi connectivity index (χ1v) is 4.49. The minimum atomic E-state index is -0.203. The maximum atomic E-state index is 10.9. The second-order valence-corrected chi connectivity index (χ2v) is 4.23. The lowest BCUT2D eigenvalue weighted by atomic mass is 10.6. The molecule has 3 N–H and O–H groups in total. The molecule has 0 aliphatic carbocycles. The van der Waals surface area contributed by atoms with E-state index >= 15 is 0 Å². The van der Waals surface area contributed by atoms with Crippen LogP contribution < -0.4 is 11.3 Å². The predicted octanol–water partition coefficient (Wildman–Crippen LogP) is 0.853. The number of nitrogens with two attached hydrogens (primary N) is 1. The Morgan fingerprint density at radius 2 is 2.33 bits per heavy atom. The molecule has 0 radical (unpaired) electrons. The molecule has 0 unspecified atom stereocenters. The summed E-state index contributed by atoms with van der Waals surface area (Å²) in [5.74, 6) is 0.172. The number of rotatable bonds is 2. The molecular formula is C7H11N3OS. The van der Waals surface area contributed by atoms with Gasteiger partial charge in [-0.2, -0.15) is 0 Å². The van der Waals surface area contributed by atoms with Crippen LogP contribution in [0.1, 0.15) is 13.8 Å². The van der Waals surface area contributed by atoms with E-state index in [1.54, 1.807) is 0 Å². The molecule has 0 spiro atoms. The molecule has 0 saturated heterocycles. The summed E-state index contributed by atoms with van der Waals surface area (Å²) in [4.78, 5) is 17.2. The Morgan fingerprint density at radius 1 is 1.67 bits per heavy atom. The van der Waals surface area contributed by atoms with Gasteiger partial charge < -0.3 is 5.73 Å². The number of hydrogen-bond donors (Lipinski definition) is 2. The van der Waals surface area contributed by atoms with E-state index in [1.807, 2.05) is 13.8 Å². The Morgan fingerprint density at radius 3 is 2.83 bits per heavy atom. The van der Waals surface area contributed by atoms with Crippen molar-refractivity contribution in [1.82, 2.24) is 9.97 Å². The molecule has 0 aromatic carbocycles. The molecule has 0 saturated carbocycles. The molecule has 1 aromatic heterocycles. The van der Waals surface area contributed by atoms with E-state index in [1.165, 1.54) is 17.8 Å². The van der Waals surface area contributed by atoms with Gasteiger partial charge in [-0.1, -0.05) is 13.8 Å². The SMILES string of the molecule is CC(C)Sc1cc(=O)[nH]c(N)n1. The highest BCUT2D eigenvalue weighted by molar-refractivity contribution is 7.99. The van der Waals surface area contributed by atoms with E-state index in [9.17, 15) is 4.79 Å². The van der Waals surface area contributed by atoms with Crippen LogP contribution in [0.3, 0.4) is 0 Å². The third-order valence-electron chi connectivity index (χ3n) is 1.09. The largest absolute Gasteiger partial charge is 0.369 e. The van der Waals surface area contributed by atoms with E-state index in [0.717, 1.165) is 0 Å². The molecule has 5 heteroatoms. The standard InChI is InChI=1S/C7H11N3OS/c1-4(2)12-6-3-5(11)9-7(8)10-6/h3-4H,1-2H3,(H3,8,9,10,11). The van der Waals surface area contributed by atoms with Crippen molar-refractivity contribution < 1.29 is 0 Å². The molecule has 12 heavy (non-hydrogen) atoms. The zero-order valence-corrected chi connectivity index (χ0v) is 7.81. The third-order valence-corrected chi connectivity index (χ3v) is 2.01. The van der Waals surface area contributed by atoms with Gasteiger partial charge in [-0.3, -0.25) is 9.78 Å². The lowest BCUT2D eigenvalue weighted by molar-refractivity contribution is 1.02. The minimum Gasteiger partial charge on any atom is -0.369 e. The number of aromatic amines is 1. The highest BCUT2D eigenvalue weighted by Gasteiger charge is 2.01. The van der Waals surface area contributed by atoms with E-state index < -0.39 is 0 Å².